The highest BCUT2D eigenvalue weighted by atomic mass is 16.5. The van der Waals surface area contributed by atoms with Crippen LogP contribution < -0.4 is 5.73 Å². The first kappa shape index (κ1) is 14.7. The van der Waals surface area contributed by atoms with Gasteiger partial charge in [-0.1, -0.05) is 0 Å². The van der Waals surface area contributed by atoms with Crippen LogP contribution in [0.15, 0.2) is 18.5 Å². The third kappa shape index (κ3) is 2.01. The summed E-state index contributed by atoms with van der Waals surface area (Å²) in [5, 5.41) is 42.9. The zero-order valence-electron chi connectivity index (χ0n) is 11.5. The van der Waals surface area contributed by atoms with E-state index < -0.39 is 30.5 Å². The van der Waals surface area contributed by atoms with Crippen molar-refractivity contribution in [1.29, 1.82) is 5.26 Å². The van der Waals surface area contributed by atoms with Gasteiger partial charge in [0.25, 0.3) is 0 Å². The summed E-state index contributed by atoms with van der Waals surface area (Å²) in [5.41, 5.74) is 4.96. The Morgan fingerprint density at radius 3 is 2.95 bits per heavy atom. The number of ether oxygens (including phenoxy) is 1. The molecule has 0 aromatic carbocycles. The molecule has 0 radical (unpaired) electrons. The number of anilines is 1. The van der Waals surface area contributed by atoms with Gasteiger partial charge in [0.2, 0.25) is 5.60 Å². The fraction of sp³-hybridized carbons (Fsp3) is 0.462. The first-order valence-electron chi connectivity index (χ1n) is 6.66. The van der Waals surface area contributed by atoms with Gasteiger partial charge in [0.05, 0.1) is 18.4 Å². The van der Waals surface area contributed by atoms with E-state index in [4.69, 9.17) is 10.5 Å². The van der Waals surface area contributed by atoms with Crippen LogP contribution >= 0.6 is 0 Å². The lowest BCUT2D eigenvalue weighted by atomic mass is 9.87. The Bertz CT molecular complexity index is 742. The molecular weight excluding hydrogens is 290 g/mol. The van der Waals surface area contributed by atoms with Crippen LogP contribution in [0.1, 0.15) is 18.2 Å². The summed E-state index contributed by atoms with van der Waals surface area (Å²) in [4.78, 5) is 3.87. The molecular formula is C13H15N5O4. The van der Waals surface area contributed by atoms with Gasteiger partial charge in [-0.15, -0.1) is 0 Å². The van der Waals surface area contributed by atoms with Gasteiger partial charge in [0.15, 0.2) is 5.82 Å². The first-order valence-corrected chi connectivity index (χ1v) is 6.66. The maximum atomic E-state index is 10.2. The maximum Gasteiger partial charge on any atom is 0.203 e. The topological polar surface area (TPSA) is 150 Å². The van der Waals surface area contributed by atoms with Gasteiger partial charge >= 0.3 is 0 Å². The van der Waals surface area contributed by atoms with E-state index in [-0.39, 0.29) is 12.2 Å². The highest BCUT2D eigenvalue weighted by Crippen LogP contribution is 2.38. The third-order valence-corrected chi connectivity index (χ3v) is 3.92. The molecule has 3 heterocycles. The number of nitrogen functional groups attached to an aromatic ring is 1. The predicted molar refractivity (Wildman–Crippen MR) is 73.3 cm³/mol. The number of hydrogen-bond acceptors (Lipinski definition) is 8. The molecule has 2 aromatic heterocycles. The molecule has 9 nitrogen and oxygen atoms in total. The Morgan fingerprint density at radius 1 is 1.50 bits per heavy atom. The average molecular weight is 305 g/mol. The number of nitriles is 1. The minimum atomic E-state index is -1.79. The normalized spacial score (nSPS) is 32.0. The average Bonchev–Trinajstić information content (AvgIpc) is 2.93. The molecule has 116 valence electrons. The van der Waals surface area contributed by atoms with E-state index in [1.165, 1.54) is 10.8 Å². The molecule has 5 N–H and O–H groups in total. The van der Waals surface area contributed by atoms with E-state index in [1.807, 2.05) is 0 Å². The Hall–Kier alpha value is -2.25. The summed E-state index contributed by atoms with van der Waals surface area (Å²) in [6.07, 6.45) is -2.13. The first-order chi connectivity index (χ1) is 10.5. The molecule has 0 saturated carbocycles. The Labute approximate surface area is 125 Å². The molecule has 3 rings (SSSR count). The van der Waals surface area contributed by atoms with Crippen LogP contribution in [0.25, 0.3) is 5.52 Å². The number of rotatable bonds is 2. The second kappa shape index (κ2) is 5.19. The van der Waals surface area contributed by atoms with Crippen molar-refractivity contribution in [2.24, 2.45) is 0 Å². The molecule has 1 aliphatic heterocycles. The molecule has 0 spiro atoms. The van der Waals surface area contributed by atoms with E-state index >= 15 is 0 Å². The molecule has 0 aliphatic carbocycles. The smallest absolute Gasteiger partial charge is 0.203 e. The molecule has 1 saturated heterocycles. The van der Waals surface area contributed by atoms with Crippen molar-refractivity contribution >= 4 is 11.3 Å². The molecule has 2 aromatic rings. The molecule has 22 heavy (non-hydrogen) atoms. The van der Waals surface area contributed by atoms with Crippen LogP contribution in [-0.4, -0.2) is 54.3 Å². The van der Waals surface area contributed by atoms with E-state index in [1.54, 1.807) is 18.2 Å². The molecule has 4 atom stereocenters. The second-order valence-electron chi connectivity index (χ2n) is 5.22. The van der Waals surface area contributed by atoms with Gasteiger partial charge in [-0.25, -0.2) is 9.50 Å². The number of aliphatic hydroxyl groups excluding tert-OH is 3. The summed E-state index contributed by atoms with van der Waals surface area (Å²) >= 11 is 0. The standard InChI is InChI=1S/C13H15N5O4/c14-4-13(5-19)10(21)3-9(20)11(22-13)7-1-2-8-12(15)16-6-17-18(7)8/h1-2,6,9-11,19-21H,3,5H2,(H2,15,16,17)/t9?,10-,11-,13+/m0/s1. The summed E-state index contributed by atoms with van der Waals surface area (Å²) < 4.78 is 7.01. The number of hydrogen-bond donors (Lipinski definition) is 4. The maximum absolute atomic E-state index is 10.2. The zero-order chi connectivity index (χ0) is 15.9. The Balaban J connectivity index is 2.06. The molecule has 1 aliphatic rings. The Morgan fingerprint density at radius 2 is 2.27 bits per heavy atom. The van der Waals surface area contributed by atoms with E-state index in [0.29, 0.717) is 11.2 Å². The lowest BCUT2D eigenvalue weighted by Gasteiger charge is -2.41. The van der Waals surface area contributed by atoms with Crippen LogP contribution in [0.2, 0.25) is 0 Å². The predicted octanol–water partition coefficient (Wildman–Crippen LogP) is -1.25. The van der Waals surface area contributed by atoms with Crippen LogP contribution in [0.4, 0.5) is 5.82 Å². The summed E-state index contributed by atoms with van der Waals surface area (Å²) in [7, 11) is 0. The van der Waals surface area contributed by atoms with Crippen molar-refractivity contribution in [2.45, 2.75) is 30.3 Å². The van der Waals surface area contributed by atoms with Gasteiger partial charge < -0.3 is 25.8 Å². The second-order valence-corrected chi connectivity index (χ2v) is 5.22. The summed E-state index contributed by atoms with van der Waals surface area (Å²) in [5.74, 6) is 0.264. The molecule has 0 bridgehead atoms. The fourth-order valence-electron chi connectivity index (χ4n) is 2.65. The highest BCUT2D eigenvalue weighted by Gasteiger charge is 2.49. The van der Waals surface area contributed by atoms with Gasteiger partial charge in [0.1, 0.15) is 30.1 Å². The zero-order valence-corrected chi connectivity index (χ0v) is 11.5. The minimum absolute atomic E-state index is 0.105. The number of aromatic nitrogens is 3. The summed E-state index contributed by atoms with van der Waals surface area (Å²) in [6, 6.07) is 5.10. The van der Waals surface area contributed by atoms with Crippen molar-refractivity contribution in [3.05, 3.63) is 24.2 Å². The number of aliphatic hydroxyl groups is 3. The quantitative estimate of drug-likeness (QED) is 0.537. The monoisotopic (exact) mass is 305 g/mol. The van der Waals surface area contributed by atoms with E-state index in [9.17, 15) is 20.6 Å². The molecule has 9 heteroatoms. The van der Waals surface area contributed by atoms with Gasteiger partial charge in [-0.2, -0.15) is 10.4 Å². The fourth-order valence-corrected chi connectivity index (χ4v) is 2.65. The SMILES string of the molecule is N#C[C@]1(CO)O[C@@H](c2ccc3c(N)ncnn23)C(O)C[C@@H]1O. The molecule has 0 amide bonds. The Kier molecular flexibility index (Phi) is 3.46. The largest absolute Gasteiger partial charge is 0.392 e. The van der Waals surface area contributed by atoms with Crippen molar-refractivity contribution in [2.75, 3.05) is 12.3 Å². The number of fused-ring (bicyclic) bond motifs is 1. The lowest BCUT2D eigenvalue weighted by Crippen LogP contribution is -2.55. The van der Waals surface area contributed by atoms with E-state index in [2.05, 4.69) is 10.1 Å². The molecule has 1 unspecified atom stereocenters. The van der Waals surface area contributed by atoms with E-state index in [0.717, 1.165) is 0 Å². The van der Waals surface area contributed by atoms with Crippen LogP contribution in [0.5, 0.6) is 0 Å². The van der Waals surface area contributed by atoms with Crippen LogP contribution in [0, 0.1) is 11.3 Å². The third-order valence-electron chi connectivity index (χ3n) is 3.92. The summed E-state index contributed by atoms with van der Waals surface area (Å²) in [6.45, 7) is -0.686. The highest BCUT2D eigenvalue weighted by molar-refractivity contribution is 5.65. The van der Waals surface area contributed by atoms with Crippen LogP contribution in [-0.2, 0) is 4.74 Å². The lowest BCUT2D eigenvalue weighted by molar-refractivity contribution is -0.217. The van der Waals surface area contributed by atoms with Gasteiger partial charge in [-0.05, 0) is 12.1 Å². The van der Waals surface area contributed by atoms with Crippen LogP contribution in [0.3, 0.4) is 0 Å². The number of nitrogens with two attached hydrogens (primary N) is 1. The number of nitrogens with zero attached hydrogens (tertiary/aromatic N) is 4. The van der Waals surface area contributed by atoms with Crippen molar-refractivity contribution in [1.82, 2.24) is 14.6 Å². The molecule has 1 fully saturated rings. The van der Waals surface area contributed by atoms with Crippen molar-refractivity contribution in [3.8, 4) is 6.07 Å². The van der Waals surface area contributed by atoms with Crippen molar-refractivity contribution in [3.63, 3.8) is 0 Å². The van der Waals surface area contributed by atoms with Gasteiger partial charge in [0, 0.05) is 6.42 Å². The minimum Gasteiger partial charge on any atom is -0.392 e. The van der Waals surface area contributed by atoms with Gasteiger partial charge in [-0.3, -0.25) is 0 Å². The van der Waals surface area contributed by atoms with Crippen molar-refractivity contribution < 1.29 is 20.1 Å².